The lowest BCUT2D eigenvalue weighted by molar-refractivity contribution is 0.600. The maximum Gasteiger partial charge on any atom is 0.175 e. The van der Waals surface area contributed by atoms with Gasteiger partial charge in [-0.2, -0.15) is 0 Å². The Morgan fingerprint density at radius 2 is 2.12 bits per heavy atom. The van der Waals surface area contributed by atoms with E-state index in [1.165, 1.54) is 6.26 Å². The van der Waals surface area contributed by atoms with E-state index in [-0.39, 0.29) is 0 Å². The maximum absolute atomic E-state index is 11.6. The fourth-order valence-electron chi connectivity index (χ4n) is 2.20. The first kappa shape index (κ1) is 11.6. The number of benzene rings is 1. The van der Waals surface area contributed by atoms with Crippen molar-refractivity contribution in [1.82, 2.24) is 5.32 Å². The van der Waals surface area contributed by atoms with Crippen LogP contribution in [0.25, 0.3) is 0 Å². The van der Waals surface area contributed by atoms with Gasteiger partial charge in [-0.1, -0.05) is 12.1 Å². The van der Waals surface area contributed by atoms with Gasteiger partial charge in [-0.15, -0.1) is 0 Å². The van der Waals surface area contributed by atoms with E-state index < -0.39 is 9.84 Å². The summed E-state index contributed by atoms with van der Waals surface area (Å²) in [5, 5.41) is 3.38. The van der Waals surface area contributed by atoms with Crippen molar-refractivity contribution in [2.45, 2.75) is 30.7 Å². The highest BCUT2D eigenvalue weighted by molar-refractivity contribution is 7.90. The molecule has 1 aliphatic heterocycles. The van der Waals surface area contributed by atoms with Crippen molar-refractivity contribution < 1.29 is 8.42 Å². The standard InChI is InChI=1S/C12H17NO2S/c1-9-5-6-10(11-4-3-7-13-11)8-12(9)16(2,14)15/h5-6,8,11,13H,3-4,7H2,1-2H3. The summed E-state index contributed by atoms with van der Waals surface area (Å²) in [4.78, 5) is 0.457. The fourth-order valence-corrected chi connectivity index (χ4v) is 3.21. The highest BCUT2D eigenvalue weighted by Crippen LogP contribution is 2.26. The smallest absolute Gasteiger partial charge is 0.175 e. The quantitative estimate of drug-likeness (QED) is 0.856. The molecular formula is C12H17NO2S. The highest BCUT2D eigenvalue weighted by atomic mass is 32.2. The Morgan fingerprint density at radius 3 is 2.69 bits per heavy atom. The molecule has 0 aliphatic carbocycles. The summed E-state index contributed by atoms with van der Waals surface area (Å²) in [5.41, 5.74) is 1.91. The topological polar surface area (TPSA) is 46.2 Å². The lowest BCUT2D eigenvalue weighted by Crippen LogP contribution is -2.13. The minimum Gasteiger partial charge on any atom is -0.310 e. The zero-order valence-electron chi connectivity index (χ0n) is 9.66. The van der Waals surface area contributed by atoms with Gasteiger partial charge >= 0.3 is 0 Å². The second-order valence-electron chi connectivity index (χ2n) is 4.45. The van der Waals surface area contributed by atoms with Crippen LogP contribution in [0.2, 0.25) is 0 Å². The van der Waals surface area contributed by atoms with E-state index in [0.29, 0.717) is 10.9 Å². The lowest BCUT2D eigenvalue weighted by Gasteiger charge is -2.13. The summed E-state index contributed by atoms with van der Waals surface area (Å²) in [6.07, 6.45) is 3.51. The Labute approximate surface area is 96.8 Å². The van der Waals surface area contributed by atoms with Crippen LogP contribution in [0.5, 0.6) is 0 Å². The Bertz CT molecular complexity index is 488. The lowest BCUT2D eigenvalue weighted by atomic mass is 10.0. The zero-order chi connectivity index (χ0) is 11.8. The normalized spacial score (nSPS) is 21.2. The van der Waals surface area contributed by atoms with Gasteiger partial charge in [-0.3, -0.25) is 0 Å². The van der Waals surface area contributed by atoms with Crippen LogP contribution in [-0.2, 0) is 9.84 Å². The first-order valence-electron chi connectivity index (χ1n) is 5.52. The number of rotatable bonds is 2. The van der Waals surface area contributed by atoms with Gasteiger partial charge in [0.25, 0.3) is 0 Å². The summed E-state index contributed by atoms with van der Waals surface area (Å²) in [7, 11) is -3.11. The molecular weight excluding hydrogens is 222 g/mol. The van der Waals surface area contributed by atoms with Crippen molar-refractivity contribution in [1.29, 1.82) is 0 Å². The molecule has 16 heavy (non-hydrogen) atoms. The molecule has 1 aromatic rings. The molecule has 1 aliphatic rings. The largest absolute Gasteiger partial charge is 0.310 e. The van der Waals surface area contributed by atoms with Crippen molar-refractivity contribution in [2.75, 3.05) is 12.8 Å². The van der Waals surface area contributed by atoms with Gasteiger partial charge in [0.1, 0.15) is 0 Å². The summed E-state index contributed by atoms with van der Waals surface area (Å²) >= 11 is 0. The van der Waals surface area contributed by atoms with Gasteiger partial charge in [0.2, 0.25) is 0 Å². The number of sulfone groups is 1. The van der Waals surface area contributed by atoms with Crippen molar-refractivity contribution in [3.63, 3.8) is 0 Å². The molecule has 1 aromatic carbocycles. The molecule has 1 fully saturated rings. The molecule has 0 saturated carbocycles. The molecule has 2 rings (SSSR count). The predicted octanol–water partition coefficient (Wildman–Crippen LogP) is 1.82. The number of hydrogen-bond acceptors (Lipinski definition) is 3. The molecule has 1 heterocycles. The average Bonchev–Trinajstić information content (AvgIpc) is 2.69. The SMILES string of the molecule is Cc1ccc(C2CCCN2)cc1S(C)(=O)=O. The summed E-state index contributed by atoms with van der Waals surface area (Å²) in [5.74, 6) is 0. The van der Waals surface area contributed by atoms with Crippen molar-refractivity contribution in [2.24, 2.45) is 0 Å². The predicted molar refractivity (Wildman–Crippen MR) is 64.3 cm³/mol. The second-order valence-corrected chi connectivity index (χ2v) is 6.43. The summed E-state index contributed by atoms with van der Waals surface area (Å²) in [6.45, 7) is 2.86. The van der Waals surface area contributed by atoms with Crippen LogP contribution in [0.15, 0.2) is 23.1 Å². The fraction of sp³-hybridized carbons (Fsp3) is 0.500. The van der Waals surface area contributed by atoms with Gasteiger partial charge in [-0.05, 0) is 43.5 Å². The van der Waals surface area contributed by atoms with Gasteiger partial charge < -0.3 is 5.32 Å². The van der Waals surface area contributed by atoms with Crippen molar-refractivity contribution >= 4 is 9.84 Å². The minimum absolute atomic E-state index is 0.320. The van der Waals surface area contributed by atoms with Crippen LogP contribution in [0.4, 0.5) is 0 Å². The van der Waals surface area contributed by atoms with E-state index in [1.54, 1.807) is 0 Å². The zero-order valence-corrected chi connectivity index (χ0v) is 10.5. The third-order valence-corrected chi connectivity index (χ3v) is 4.31. The molecule has 1 atom stereocenters. The first-order valence-corrected chi connectivity index (χ1v) is 7.41. The van der Waals surface area contributed by atoms with Crippen LogP contribution in [0.1, 0.15) is 30.0 Å². The second kappa shape index (κ2) is 4.18. The molecule has 4 heteroatoms. The first-order chi connectivity index (χ1) is 7.48. The van der Waals surface area contributed by atoms with E-state index in [1.807, 2.05) is 25.1 Å². The third-order valence-electron chi connectivity index (χ3n) is 3.07. The van der Waals surface area contributed by atoms with Gasteiger partial charge in [0, 0.05) is 12.3 Å². The van der Waals surface area contributed by atoms with E-state index >= 15 is 0 Å². The molecule has 0 amide bonds. The van der Waals surface area contributed by atoms with Crippen LogP contribution in [-0.4, -0.2) is 21.2 Å². The monoisotopic (exact) mass is 239 g/mol. The Kier molecular flexibility index (Phi) is 3.04. The van der Waals surface area contributed by atoms with Gasteiger partial charge in [0.05, 0.1) is 4.90 Å². The molecule has 0 radical (unpaired) electrons. The summed E-state index contributed by atoms with van der Waals surface area (Å²) < 4.78 is 23.2. The molecule has 1 saturated heterocycles. The average molecular weight is 239 g/mol. The number of aryl methyl sites for hydroxylation is 1. The van der Waals surface area contributed by atoms with E-state index in [2.05, 4.69) is 5.32 Å². The number of hydrogen-bond donors (Lipinski definition) is 1. The molecule has 0 aromatic heterocycles. The number of nitrogens with one attached hydrogen (secondary N) is 1. The third kappa shape index (κ3) is 2.28. The highest BCUT2D eigenvalue weighted by Gasteiger charge is 2.19. The molecule has 0 bridgehead atoms. The van der Waals surface area contributed by atoms with Crippen molar-refractivity contribution in [3.05, 3.63) is 29.3 Å². The Balaban J connectivity index is 2.43. The Hall–Kier alpha value is -0.870. The molecule has 0 spiro atoms. The van der Waals surface area contributed by atoms with Crippen LogP contribution >= 0.6 is 0 Å². The van der Waals surface area contributed by atoms with Gasteiger partial charge in [0.15, 0.2) is 9.84 Å². The van der Waals surface area contributed by atoms with Crippen LogP contribution in [0, 0.1) is 6.92 Å². The Morgan fingerprint density at radius 1 is 1.38 bits per heavy atom. The molecule has 3 nitrogen and oxygen atoms in total. The molecule has 88 valence electrons. The van der Waals surface area contributed by atoms with E-state index in [4.69, 9.17) is 0 Å². The minimum atomic E-state index is -3.11. The van der Waals surface area contributed by atoms with Crippen LogP contribution in [0.3, 0.4) is 0 Å². The van der Waals surface area contributed by atoms with E-state index in [0.717, 1.165) is 30.5 Å². The van der Waals surface area contributed by atoms with Crippen molar-refractivity contribution in [3.8, 4) is 0 Å². The van der Waals surface area contributed by atoms with E-state index in [9.17, 15) is 8.42 Å². The molecule has 1 N–H and O–H groups in total. The maximum atomic E-state index is 11.6. The molecule has 1 unspecified atom stereocenters. The van der Waals surface area contributed by atoms with Crippen LogP contribution < -0.4 is 5.32 Å². The van der Waals surface area contributed by atoms with Gasteiger partial charge in [-0.25, -0.2) is 8.42 Å². The summed E-state index contributed by atoms with van der Waals surface area (Å²) in [6, 6.07) is 6.05.